The maximum absolute atomic E-state index is 13.0. The molecule has 2 aliphatic carbocycles. The summed E-state index contributed by atoms with van der Waals surface area (Å²) in [5.74, 6) is -1.56. The first kappa shape index (κ1) is 21.9. The minimum absolute atomic E-state index is 0.149. The summed E-state index contributed by atoms with van der Waals surface area (Å²) in [6.45, 7) is -0.515. The van der Waals surface area contributed by atoms with Crippen molar-refractivity contribution < 1.29 is 23.9 Å². The topological polar surface area (TPSA) is 92.8 Å². The number of hydrogen-bond acceptors (Lipinski definition) is 5. The summed E-state index contributed by atoms with van der Waals surface area (Å²) in [6, 6.07) is 10.8. The standard InChI is InChI=1S/C24H20Cl2N2O5/c25-17-7-6-15(10-18(17)26)27-19(29)11-33-24(32)14-2-1-3-16(9-14)28-22(30)20-12-4-5-13(8-12)21(20)23(28)31/h1-3,6-7,9-10,12-13,20-21H,4-5,8,11H2,(H,27,29)/t12-,13-,20+,21+/m0/s1. The highest BCUT2D eigenvalue weighted by atomic mass is 35.5. The fourth-order valence-corrected chi connectivity index (χ4v) is 5.72. The Kier molecular flexibility index (Phi) is 5.62. The predicted molar refractivity (Wildman–Crippen MR) is 122 cm³/mol. The van der Waals surface area contributed by atoms with E-state index in [1.807, 2.05) is 0 Å². The van der Waals surface area contributed by atoms with Crippen molar-refractivity contribution >= 4 is 58.3 Å². The van der Waals surface area contributed by atoms with Crippen LogP contribution in [0.2, 0.25) is 10.0 Å². The average Bonchev–Trinajstić information content (AvgIpc) is 3.48. The van der Waals surface area contributed by atoms with Crippen molar-refractivity contribution in [2.45, 2.75) is 19.3 Å². The van der Waals surface area contributed by atoms with Crippen LogP contribution in [0.3, 0.4) is 0 Å². The third-order valence-corrected chi connectivity index (χ3v) is 7.54. The van der Waals surface area contributed by atoms with Crippen LogP contribution in [0.5, 0.6) is 0 Å². The van der Waals surface area contributed by atoms with Crippen LogP contribution < -0.4 is 10.2 Å². The second-order valence-corrected chi connectivity index (χ2v) is 9.51. The summed E-state index contributed by atoms with van der Waals surface area (Å²) >= 11 is 11.8. The van der Waals surface area contributed by atoms with Gasteiger partial charge in [0.05, 0.1) is 33.1 Å². The second kappa shape index (κ2) is 8.47. The molecule has 2 bridgehead atoms. The first-order valence-electron chi connectivity index (χ1n) is 10.7. The maximum Gasteiger partial charge on any atom is 0.338 e. The van der Waals surface area contributed by atoms with Crippen LogP contribution in [0.25, 0.3) is 0 Å². The van der Waals surface area contributed by atoms with Crippen LogP contribution in [0, 0.1) is 23.7 Å². The van der Waals surface area contributed by atoms with Crippen LogP contribution in [0.15, 0.2) is 42.5 Å². The largest absolute Gasteiger partial charge is 0.452 e. The van der Waals surface area contributed by atoms with Gasteiger partial charge in [-0.3, -0.25) is 19.3 Å². The summed E-state index contributed by atoms with van der Waals surface area (Å²) in [5, 5.41) is 3.20. The normalized spacial score (nSPS) is 25.3. The molecule has 0 spiro atoms. The Hall–Kier alpha value is -2.90. The molecule has 3 amide bonds. The van der Waals surface area contributed by atoms with Crippen molar-refractivity contribution in [1.82, 2.24) is 0 Å². The molecule has 2 saturated carbocycles. The van der Waals surface area contributed by atoms with Gasteiger partial charge in [0.25, 0.3) is 5.91 Å². The minimum atomic E-state index is -0.736. The molecule has 0 radical (unpaired) electrons. The van der Waals surface area contributed by atoms with E-state index in [2.05, 4.69) is 5.32 Å². The number of nitrogens with zero attached hydrogens (tertiary/aromatic N) is 1. The van der Waals surface area contributed by atoms with Gasteiger partial charge >= 0.3 is 5.97 Å². The van der Waals surface area contributed by atoms with Crippen LogP contribution in [-0.2, 0) is 19.1 Å². The van der Waals surface area contributed by atoms with Crippen molar-refractivity contribution in [2.75, 3.05) is 16.8 Å². The number of halogens is 2. The van der Waals surface area contributed by atoms with E-state index in [1.54, 1.807) is 18.2 Å². The molecule has 1 heterocycles. The first-order valence-corrected chi connectivity index (χ1v) is 11.5. The SMILES string of the molecule is O=C(COC(=O)c1cccc(N2C(=O)[C@@H]3[C@H]4CC[C@@H](C4)[C@H]3C2=O)c1)Nc1ccc(Cl)c(Cl)c1. The Balaban J connectivity index is 1.24. The lowest BCUT2D eigenvalue weighted by molar-refractivity contribution is -0.123. The number of carbonyl (C=O) groups excluding carboxylic acids is 4. The highest BCUT2D eigenvalue weighted by Gasteiger charge is 2.61. The number of imide groups is 1. The van der Waals surface area contributed by atoms with Crippen LogP contribution >= 0.6 is 23.2 Å². The summed E-state index contributed by atoms with van der Waals surface area (Å²) in [6.07, 6.45) is 2.95. The van der Waals surface area contributed by atoms with E-state index in [0.29, 0.717) is 16.4 Å². The molecule has 2 aromatic rings. The second-order valence-electron chi connectivity index (χ2n) is 8.70. The quantitative estimate of drug-likeness (QED) is 0.501. The van der Waals surface area contributed by atoms with E-state index in [0.717, 1.165) is 19.3 Å². The number of esters is 1. The lowest BCUT2D eigenvalue weighted by Gasteiger charge is -2.19. The van der Waals surface area contributed by atoms with Gasteiger partial charge in [-0.1, -0.05) is 29.3 Å². The van der Waals surface area contributed by atoms with Gasteiger partial charge in [0.2, 0.25) is 11.8 Å². The molecule has 3 aliphatic rings. The molecule has 7 nitrogen and oxygen atoms in total. The Morgan fingerprint density at radius 2 is 1.67 bits per heavy atom. The lowest BCUT2D eigenvalue weighted by atomic mass is 9.81. The van der Waals surface area contributed by atoms with Gasteiger partial charge in [0.1, 0.15) is 0 Å². The number of rotatable bonds is 5. The van der Waals surface area contributed by atoms with Gasteiger partial charge in [0.15, 0.2) is 6.61 Å². The summed E-state index contributed by atoms with van der Waals surface area (Å²) in [4.78, 5) is 51.9. The molecular formula is C24H20Cl2N2O5. The van der Waals surface area contributed by atoms with Crippen molar-refractivity contribution in [1.29, 1.82) is 0 Å². The van der Waals surface area contributed by atoms with Crippen LogP contribution in [-0.4, -0.2) is 30.3 Å². The number of fused-ring (bicyclic) bond motifs is 5. The number of anilines is 2. The zero-order chi connectivity index (χ0) is 23.3. The average molecular weight is 487 g/mol. The van der Waals surface area contributed by atoms with Crippen molar-refractivity contribution in [3.05, 3.63) is 58.1 Å². The van der Waals surface area contributed by atoms with E-state index < -0.39 is 18.5 Å². The lowest BCUT2D eigenvalue weighted by Crippen LogP contribution is -2.32. The third-order valence-electron chi connectivity index (χ3n) is 6.81. The maximum atomic E-state index is 13.0. The highest BCUT2D eigenvalue weighted by Crippen LogP contribution is 2.56. The number of benzene rings is 2. The molecule has 5 rings (SSSR count). The van der Waals surface area contributed by atoms with Crippen molar-refractivity contribution in [2.24, 2.45) is 23.7 Å². The van der Waals surface area contributed by atoms with E-state index >= 15 is 0 Å². The molecule has 170 valence electrons. The Morgan fingerprint density at radius 3 is 2.33 bits per heavy atom. The molecular weight excluding hydrogens is 467 g/mol. The Morgan fingerprint density at radius 1 is 0.970 bits per heavy atom. The van der Waals surface area contributed by atoms with E-state index in [1.165, 1.54) is 29.2 Å². The predicted octanol–water partition coefficient (Wildman–Crippen LogP) is 4.32. The van der Waals surface area contributed by atoms with Gasteiger partial charge in [-0.2, -0.15) is 0 Å². The van der Waals surface area contributed by atoms with Gasteiger partial charge < -0.3 is 10.1 Å². The molecule has 1 N–H and O–H groups in total. The highest BCUT2D eigenvalue weighted by molar-refractivity contribution is 6.42. The van der Waals surface area contributed by atoms with Crippen molar-refractivity contribution in [3.63, 3.8) is 0 Å². The van der Waals surface area contributed by atoms with Gasteiger partial charge in [0, 0.05) is 5.69 Å². The number of nitrogens with one attached hydrogen (secondary N) is 1. The van der Waals surface area contributed by atoms with E-state index in [4.69, 9.17) is 27.9 Å². The van der Waals surface area contributed by atoms with Gasteiger partial charge in [-0.05, 0) is 67.5 Å². The molecule has 2 aromatic carbocycles. The number of amides is 3. The Labute approximate surface area is 200 Å². The molecule has 0 unspecified atom stereocenters. The molecule has 0 aromatic heterocycles. The number of ether oxygens (including phenoxy) is 1. The molecule has 33 heavy (non-hydrogen) atoms. The smallest absolute Gasteiger partial charge is 0.338 e. The van der Waals surface area contributed by atoms with Gasteiger partial charge in [-0.25, -0.2) is 4.79 Å². The molecule has 1 saturated heterocycles. The van der Waals surface area contributed by atoms with Crippen LogP contribution in [0.1, 0.15) is 29.6 Å². The zero-order valence-electron chi connectivity index (χ0n) is 17.4. The molecule has 4 atom stereocenters. The fourth-order valence-electron chi connectivity index (χ4n) is 5.42. The van der Waals surface area contributed by atoms with Gasteiger partial charge in [-0.15, -0.1) is 0 Å². The number of carbonyl (C=O) groups is 4. The van der Waals surface area contributed by atoms with Crippen LogP contribution in [0.4, 0.5) is 11.4 Å². The minimum Gasteiger partial charge on any atom is -0.452 e. The Bertz CT molecular complexity index is 1160. The monoisotopic (exact) mass is 486 g/mol. The summed E-state index contributed by atoms with van der Waals surface area (Å²) in [7, 11) is 0. The number of hydrogen-bond donors (Lipinski definition) is 1. The third kappa shape index (κ3) is 3.89. The van der Waals surface area contributed by atoms with E-state index in [-0.39, 0.29) is 46.1 Å². The molecule has 1 aliphatic heterocycles. The molecule has 3 fully saturated rings. The molecule has 9 heteroatoms. The van der Waals surface area contributed by atoms with E-state index in [9.17, 15) is 19.2 Å². The van der Waals surface area contributed by atoms with Crippen molar-refractivity contribution in [3.8, 4) is 0 Å². The fraction of sp³-hybridized carbons (Fsp3) is 0.333. The first-order chi connectivity index (χ1) is 15.8. The summed E-state index contributed by atoms with van der Waals surface area (Å²) in [5.41, 5.74) is 0.919. The summed E-state index contributed by atoms with van der Waals surface area (Å²) < 4.78 is 5.11. The zero-order valence-corrected chi connectivity index (χ0v) is 18.9.